The van der Waals surface area contributed by atoms with Gasteiger partial charge in [-0.05, 0) is 38.0 Å². The monoisotopic (exact) mass is 338 g/mol. The van der Waals surface area contributed by atoms with Gasteiger partial charge in [0.05, 0.1) is 5.56 Å². The zero-order valence-electron chi connectivity index (χ0n) is 14.3. The van der Waals surface area contributed by atoms with Crippen molar-refractivity contribution in [1.29, 1.82) is 0 Å². The van der Waals surface area contributed by atoms with Gasteiger partial charge in [0.25, 0.3) is 5.91 Å². The summed E-state index contributed by atoms with van der Waals surface area (Å²) in [5.41, 5.74) is 1.33. The molecule has 128 valence electrons. The van der Waals surface area contributed by atoms with Crippen molar-refractivity contribution < 1.29 is 14.7 Å². The van der Waals surface area contributed by atoms with E-state index < -0.39 is 5.97 Å². The fourth-order valence-corrected chi connectivity index (χ4v) is 3.03. The summed E-state index contributed by atoms with van der Waals surface area (Å²) in [6, 6.07) is 4.87. The van der Waals surface area contributed by atoms with Gasteiger partial charge in [-0.1, -0.05) is 25.8 Å². The van der Waals surface area contributed by atoms with Crippen LogP contribution in [0.15, 0.2) is 18.2 Å². The van der Waals surface area contributed by atoms with Gasteiger partial charge in [0, 0.05) is 37.1 Å². The average molecular weight is 338 g/mol. The highest BCUT2D eigenvalue weighted by molar-refractivity contribution is 7.99. The molecule has 0 fully saturated rings. The van der Waals surface area contributed by atoms with E-state index in [0.29, 0.717) is 18.7 Å². The number of amides is 1. The third-order valence-electron chi connectivity index (χ3n) is 3.48. The predicted octanol–water partition coefficient (Wildman–Crippen LogP) is 3.75. The molecule has 0 saturated heterocycles. The standard InChI is InChI=1S/C17H26N2O3S/c1-5-8-18(9-6-2)16(20)13-10-14(17(21)22)12-15(11-13)19(7-3)23-4/h10-12H,5-9H2,1-4H3,(H,21,22). The molecule has 1 aromatic rings. The zero-order valence-corrected chi connectivity index (χ0v) is 15.2. The number of nitrogens with zero attached hydrogens (tertiary/aromatic N) is 2. The summed E-state index contributed by atoms with van der Waals surface area (Å²) in [5.74, 6) is -1.12. The van der Waals surface area contributed by atoms with E-state index in [9.17, 15) is 14.7 Å². The highest BCUT2D eigenvalue weighted by atomic mass is 32.2. The molecule has 0 aliphatic carbocycles. The quantitative estimate of drug-likeness (QED) is 0.695. The predicted molar refractivity (Wildman–Crippen MR) is 96.4 cm³/mol. The van der Waals surface area contributed by atoms with Crippen LogP contribution in [0.25, 0.3) is 0 Å². The molecule has 0 bridgehead atoms. The molecule has 0 aliphatic rings. The third-order valence-corrected chi connectivity index (χ3v) is 4.39. The van der Waals surface area contributed by atoms with Crippen LogP contribution in [0.5, 0.6) is 0 Å². The molecule has 5 nitrogen and oxygen atoms in total. The lowest BCUT2D eigenvalue weighted by molar-refractivity contribution is 0.0697. The maximum Gasteiger partial charge on any atom is 0.335 e. The lowest BCUT2D eigenvalue weighted by atomic mass is 10.1. The van der Waals surface area contributed by atoms with Crippen LogP contribution in [-0.4, -0.2) is 47.8 Å². The Morgan fingerprint density at radius 1 is 1.04 bits per heavy atom. The van der Waals surface area contributed by atoms with Gasteiger partial charge in [-0.25, -0.2) is 4.79 Å². The van der Waals surface area contributed by atoms with Crippen LogP contribution in [0, 0.1) is 0 Å². The molecule has 0 heterocycles. The van der Waals surface area contributed by atoms with E-state index in [0.717, 1.165) is 25.1 Å². The molecule has 0 aromatic heterocycles. The van der Waals surface area contributed by atoms with Crippen molar-refractivity contribution in [1.82, 2.24) is 4.90 Å². The van der Waals surface area contributed by atoms with Crippen molar-refractivity contribution in [3.63, 3.8) is 0 Å². The second kappa shape index (κ2) is 9.45. The summed E-state index contributed by atoms with van der Waals surface area (Å²) in [6.45, 7) is 8.14. The summed E-state index contributed by atoms with van der Waals surface area (Å²) in [6.07, 6.45) is 3.69. The smallest absolute Gasteiger partial charge is 0.335 e. The largest absolute Gasteiger partial charge is 0.478 e. The molecule has 1 rings (SSSR count). The Hall–Kier alpha value is -1.69. The molecule has 0 aliphatic heterocycles. The van der Waals surface area contributed by atoms with Crippen molar-refractivity contribution in [2.24, 2.45) is 0 Å². The first-order chi connectivity index (χ1) is 11.0. The van der Waals surface area contributed by atoms with Crippen molar-refractivity contribution in [3.05, 3.63) is 29.3 Å². The fraction of sp³-hybridized carbons (Fsp3) is 0.529. The van der Waals surface area contributed by atoms with Crippen LogP contribution in [0.4, 0.5) is 5.69 Å². The Kier molecular flexibility index (Phi) is 7.95. The number of benzene rings is 1. The fourth-order valence-electron chi connectivity index (χ4n) is 2.46. The van der Waals surface area contributed by atoms with Gasteiger partial charge in [-0.3, -0.25) is 4.79 Å². The number of rotatable bonds is 9. The summed E-state index contributed by atoms with van der Waals surface area (Å²) in [5, 5.41) is 9.34. The summed E-state index contributed by atoms with van der Waals surface area (Å²) in [4.78, 5) is 25.9. The van der Waals surface area contributed by atoms with Gasteiger partial charge in [0.2, 0.25) is 0 Å². The topological polar surface area (TPSA) is 60.9 Å². The number of anilines is 1. The van der Waals surface area contributed by atoms with Crippen molar-refractivity contribution >= 4 is 29.5 Å². The van der Waals surface area contributed by atoms with E-state index in [1.807, 2.05) is 31.3 Å². The van der Waals surface area contributed by atoms with Gasteiger partial charge < -0.3 is 14.3 Å². The highest BCUT2D eigenvalue weighted by Crippen LogP contribution is 2.25. The lowest BCUT2D eigenvalue weighted by Crippen LogP contribution is -2.32. The molecule has 1 N–H and O–H groups in total. The maximum absolute atomic E-state index is 12.8. The highest BCUT2D eigenvalue weighted by Gasteiger charge is 2.19. The minimum Gasteiger partial charge on any atom is -0.478 e. The Morgan fingerprint density at radius 2 is 1.61 bits per heavy atom. The maximum atomic E-state index is 12.8. The van der Waals surface area contributed by atoms with Gasteiger partial charge in [-0.15, -0.1) is 0 Å². The second-order valence-corrected chi connectivity index (χ2v) is 6.05. The minimum absolute atomic E-state index is 0.102. The molecule has 1 amide bonds. The molecular weight excluding hydrogens is 312 g/mol. The van der Waals surface area contributed by atoms with Crippen LogP contribution >= 0.6 is 11.9 Å². The third kappa shape index (κ3) is 5.16. The molecule has 0 radical (unpaired) electrons. The second-order valence-electron chi connectivity index (χ2n) is 5.24. The van der Waals surface area contributed by atoms with Crippen molar-refractivity contribution in [2.45, 2.75) is 33.6 Å². The SMILES string of the molecule is CCCN(CCC)C(=O)c1cc(C(=O)O)cc(N(CC)SC)c1. The molecular formula is C17H26N2O3S. The molecule has 6 heteroatoms. The number of hydrogen-bond acceptors (Lipinski definition) is 4. The molecule has 0 spiro atoms. The van der Waals surface area contributed by atoms with Crippen LogP contribution in [0.1, 0.15) is 54.3 Å². The van der Waals surface area contributed by atoms with Crippen LogP contribution < -0.4 is 4.31 Å². The zero-order chi connectivity index (χ0) is 17.4. The van der Waals surface area contributed by atoms with E-state index in [1.54, 1.807) is 17.0 Å². The van der Waals surface area contributed by atoms with E-state index in [-0.39, 0.29) is 11.5 Å². The first kappa shape index (κ1) is 19.4. The summed E-state index contributed by atoms with van der Waals surface area (Å²) in [7, 11) is 0. The summed E-state index contributed by atoms with van der Waals surface area (Å²) < 4.78 is 1.97. The van der Waals surface area contributed by atoms with E-state index in [4.69, 9.17) is 0 Å². The number of carbonyl (C=O) groups excluding carboxylic acids is 1. The van der Waals surface area contributed by atoms with E-state index >= 15 is 0 Å². The number of carboxylic acids is 1. The Labute approximate surface area is 142 Å². The Bertz CT molecular complexity index is 539. The van der Waals surface area contributed by atoms with E-state index in [1.165, 1.54) is 18.0 Å². The first-order valence-electron chi connectivity index (χ1n) is 7.97. The van der Waals surface area contributed by atoms with Crippen molar-refractivity contribution in [3.8, 4) is 0 Å². The van der Waals surface area contributed by atoms with E-state index in [2.05, 4.69) is 0 Å². The van der Waals surface area contributed by atoms with Gasteiger partial charge >= 0.3 is 5.97 Å². The van der Waals surface area contributed by atoms with Crippen LogP contribution in [-0.2, 0) is 0 Å². The van der Waals surface area contributed by atoms with Crippen LogP contribution in [0.3, 0.4) is 0 Å². The molecule has 0 unspecified atom stereocenters. The minimum atomic E-state index is -1.02. The number of hydrogen-bond donors (Lipinski definition) is 1. The average Bonchev–Trinajstić information content (AvgIpc) is 2.54. The number of carboxylic acid groups (broad SMARTS) is 1. The number of aromatic carboxylic acids is 1. The molecule has 23 heavy (non-hydrogen) atoms. The number of carbonyl (C=O) groups is 2. The Morgan fingerprint density at radius 3 is 2.04 bits per heavy atom. The molecule has 0 saturated carbocycles. The van der Waals surface area contributed by atoms with Gasteiger partial charge in [0.15, 0.2) is 0 Å². The normalized spacial score (nSPS) is 10.4. The Balaban J connectivity index is 3.27. The first-order valence-corrected chi connectivity index (χ1v) is 9.15. The molecule has 1 aromatic carbocycles. The van der Waals surface area contributed by atoms with Gasteiger partial charge in [0.1, 0.15) is 0 Å². The van der Waals surface area contributed by atoms with Crippen LogP contribution in [0.2, 0.25) is 0 Å². The molecule has 0 atom stereocenters. The van der Waals surface area contributed by atoms with Gasteiger partial charge in [-0.2, -0.15) is 0 Å². The van der Waals surface area contributed by atoms with Crippen molar-refractivity contribution in [2.75, 3.05) is 30.2 Å². The lowest BCUT2D eigenvalue weighted by Gasteiger charge is -2.24. The summed E-state index contributed by atoms with van der Waals surface area (Å²) >= 11 is 1.51.